The van der Waals surface area contributed by atoms with E-state index in [1.807, 2.05) is 56.9 Å². The van der Waals surface area contributed by atoms with Crippen molar-refractivity contribution in [2.45, 2.75) is 52.1 Å². The number of benzene rings is 2. The van der Waals surface area contributed by atoms with Crippen molar-refractivity contribution in [3.8, 4) is 22.6 Å². The lowest BCUT2D eigenvalue weighted by Gasteiger charge is -2.27. The predicted octanol–water partition coefficient (Wildman–Crippen LogP) is 6.01. The van der Waals surface area contributed by atoms with Gasteiger partial charge in [0.2, 0.25) is 0 Å². The number of hydrogen-bond acceptors (Lipinski definition) is 7. The lowest BCUT2D eigenvalue weighted by atomic mass is 9.86. The molecule has 3 aromatic rings. The summed E-state index contributed by atoms with van der Waals surface area (Å²) in [6.45, 7) is 10.3. The number of hydrogen-bond donors (Lipinski definition) is 1. The third-order valence-electron chi connectivity index (χ3n) is 7.70. The number of carbonyl (C=O) groups is 1. The van der Waals surface area contributed by atoms with Crippen LogP contribution in [-0.4, -0.2) is 64.5 Å². The number of aliphatic hydroxyl groups is 1. The van der Waals surface area contributed by atoms with E-state index in [1.165, 1.54) is 18.5 Å². The van der Waals surface area contributed by atoms with Crippen LogP contribution in [0.2, 0.25) is 0 Å². The Morgan fingerprint density at radius 1 is 1.10 bits per heavy atom. The van der Waals surface area contributed by atoms with Crippen LogP contribution in [0.1, 0.15) is 52.0 Å². The number of carbonyl (C=O) groups excluding carboxylic acids is 1. The molecule has 1 spiro atoms. The van der Waals surface area contributed by atoms with Crippen molar-refractivity contribution in [1.82, 2.24) is 14.9 Å². The van der Waals surface area contributed by atoms with E-state index in [4.69, 9.17) is 9.47 Å². The van der Waals surface area contributed by atoms with Gasteiger partial charge in [-0.3, -0.25) is 0 Å². The fourth-order valence-corrected chi connectivity index (χ4v) is 5.68. The smallest absolute Gasteiger partial charge is 0.410 e. The number of amides is 1. The number of aromatic nitrogens is 2. The lowest BCUT2D eigenvalue weighted by Crippen LogP contribution is -2.37. The minimum absolute atomic E-state index is 0.0265. The lowest BCUT2D eigenvalue weighted by molar-refractivity contribution is 0.0276. The van der Waals surface area contributed by atoms with Gasteiger partial charge >= 0.3 is 6.09 Å². The highest BCUT2D eigenvalue weighted by Crippen LogP contribution is 2.44. The predicted molar refractivity (Wildman–Crippen MR) is 151 cm³/mol. The van der Waals surface area contributed by atoms with Crippen molar-refractivity contribution in [2.24, 2.45) is 5.41 Å². The highest BCUT2D eigenvalue weighted by atomic mass is 19.1. The second-order valence-corrected chi connectivity index (χ2v) is 11.9. The maximum atomic E-state index is 14.5. The van der Waals surface area contributed by atoms with Crippen LogP contribution in [0, 0.1) is 11.2 Å². The third kappa shape index (κ3) is 5.89. The van der Waals surface area contributed by atoms with Crippen LogP contribution in [-0.2, 0) is 4.74 Å². The van der Waals surface area contributed by atoms with Crippen LogP contribution in [0.15, 0.2) is 55.0 Å². The van der Waals surface area contributed by atoms with E-state index >= 15 is 0 Å². The van der Waals surface area contributed by atoms with Crippen LogP contribution in [0.4, 0.5) is 15.0 Å². The fraction of sp³-hybridized carbons (Fsp3) is 0.452. The molecule has 2 saturated heterocycles. The normalized spacial score (nSPS) is 19.8. The van der Waals surface area contributed by atoms with Crippen LogP contribution in [0.3, 0.4) is 0 Å². The molecule has 8 nitrogen and oxygen atoms in total. The van der Waals surface area contributed by atoms with E-state index in [-0.39, 0.29) is 29.9 Å². The molecule has 1 N–H and O–H groups in total. The minimum atomic E-state index is -0.530. The van der Waals surface area contributed by atoms with Crippen molar-refractivity contribution in [3.05, 3.63) is 66.4 Å². The quantitative estimate of drug-likeness (QED) is 0.404. The Morgan fingerprint density at radius 2 is 1.88 bits per heavy atom. The molecule has 2 atom stereocenters. The van der Waals surface area contributed by atoms with Crippen molar-refractivity contribution in [3.63, 3.8) is 0 Å². The highest BCUT2D eigenvalue weighted by Gasteiger charge is 2.46. The van der Waals surface area contributed by atoms with Gasteiger partial charge in [0.1, 0.15) is 23.5 Å². The number of likely N-dealkylation sites (tertiary alicyclic amines) is 1. The summed E-state index contributed by atoms with van der Waals surface area (Å²) in [6.07, 6.45) is 4.67. The number of rotatable bonds is 6. The molecule has 40 heavy (non-hydrogen) atoms. The molecule has 0 radical (unpaired) electrons. The highest BCUT2D eigenvalue weighted by molar-refractivity contribution is 5.75. The van der Waals surface area contributed by atoms with Crippen molar-refractivity contribution in [1.29, 1.82) is 0 Å². The molecular formula is C31H37FN4O4. The molecule has 3 heterocycles. The maximum Gasteiger partial charge on any atom is 0.410 e. The van der Waals surface area contributed by atoms with Crippen LogP contribution in [0.5, 0.6) is 11.5 Å². The molecule has 2 fully saturated rings. The van der Waals surface area contributed by atoms with E-state index in [9.17, 15) is 14.3 Å². The molecule has 2 unspecified atom stereocenters. The average Bonchev–Trinajstić information content (AvgIpc) is 3.55. The molecule has 0 saturated carbocycles. The van der Waals surface area contributed by atoms with Gasteiger partial charge in [0, 0.05) is 49.7 Å². The summed E-state index contributed by atoms with van der Waals surface area (Å²) in [4.78, 5) is 25.4. The topological polar surface area (TPSA) is 88.0 Å². The Kier molecular flexibility index (Phi) is 7.68. The molecule has 0 bridgehead atoms. The Hall–Kier alpha value is -3.72. The monoisotopic (exact) mass is 548 g/mol. The number of nitrogens with zero attached hydrogens (tertiary/aromatic N) is 4. The SMILES string of the molecule is CC(CO)c1ccccc1-c1cc(F)ccc1Oc1cncnc1N1CCC2(CCN(C(=O)OC(C)(C)C)C2)C1. The zero-order chi connectivity index (χ0) is 28.5. The Labute approximate surface area is 234 Å². The molecule has 1 aromatic heterocycles. The third-order valence-corrected chi connectivity index (χ3v) is 7.70. The number of ether oxygens (including phenoxy) is 2. The molecule has 5 rings (SSSR count). The van der Waals surface area contributed by atoms with Gasteiger partial charge in [-0.1, -0.05) is 31.2 Å². The summed E-state index contributed by atoms with van der Waals surface area (Å²) < 4.78 is 26.5. The molecule has 212 valence electrons. The zero-order valence-electron chi connectivity index (χ0n) is 23.6. The summed E-state index contributed by atoms with van der Waals surface area (Å²) in [7, 11) is 0. The first-order valence-corrected chi connectivity index (χ1v) is 13.8. The minimum Gasteiger partial charge on any atom is -0.451 e. The van der Waals surface area contributed by atoms with Crippen molar-refractivity contribution in [2.75, 3.05) is 37.7 Å². The van der Waals surface area contributed by atoms with Crippen LogP contribution >= 0.6 is 0 Å². The zero-order valence-corrected chi connectivity index (χ0v) is 23.6. The molecular weight excluding hydrogens is 511 g/mol. The number of aliphatic hydroxyl groups excluding tert-OH is 1. The Balaban J connectivity index is 1.39. The Bertz CT molecular complexity index is 1380. The molecule has 2 aliphatic heterocycles. The Morgan fingerprint density at radius 3 is 2.65 bits per heavy atom. The summed E-state index contributed by atoms with van der Waals surface area (Å²) in [5, 5.41) is 9.80. The first kappa shape index (κ1) is 27.8. The van der Waals surface area contributed by atoms with Gasteiger partial charge in [-0.2, -0.15) is 0 Å². The van der Waals surface area contributed by atoms with Crippen molar-refractivity contribution >= 4 is 11.9 Å². The van der Waals surface area contributed by atoms with Gasteiger partial charge in [-0.05, 0) is 62.9 Å². The van der Waals surface area contributed by atoms with Crippen LogP contribution < -0.4 is 9.64 Å². The van der Waals surface area contributed by atoms with Gasteiger partial charge in [-0.25, -0.2) is 19.2 Å². The summed E-state index contributed by atoms with van der Waals surface area (Å²) in [5.41, 5.74) is 1.72. The van der Waals surface area contributed by atoms with Gasteiger partial charge in [-0.15, -0.1) is 0 Å². The van der Waals surface area contributed by atoms with E-state index in [1.54, 1.807) is 12.3 Å². The maximum absolute atomic E-state index is 14.5. The van der Waals surface area contributed by atoms with Gasteiger partial charge < -0.3 is 24.4 Å². The molecule has 1 amide bonds. The number of halogens is 1. The largest absolute Gasteiger partial charge is 0.451 e. The molecule has 2 aromatic carbocycles. The molecule has 9 heteroatoms. The van der Waals surface area contributed by atoms with Crippen LogP contribution in [0.25, 0.3) is 11.1 Å². The fourth-order valence-electron chi connectivity index (χ4n) is 5.68. The number of anilines is 1. The summed E-state index contributed by atoms with van der Waals surface area (Å²) >= 11 is 0. The van der Waals surface area contributed by atoms with E-state index in [2.05, 4.69) is 14.9 Å². The average molecular weight is 549 g/mol. The summed E-state index contributed by atoms with van der Waals surface area (Å²) in [6, 6.07) is 12.1. The van der Waals surface area contributed by atoms with E-state index < -0.39 is 5.60 Å². The second kappa shape index (κ2) is 11.0. The van der Waals surface area contributed by atoms with Gasteiger partial charge in [0.15, 0.2) is 11.6 Å². The van der Waals surface area contributed by atoms with Gasteiger partial charge in [0.05, 0.1) is 6.20 Å². The van der Waals surface area contributed by atoms with Crippen molar-refractivity contribution < 1.29 is 23.8 Å². The standard InChI is InChI=1S/C31H37FN4O4/c1-21(17-37)23-7-5-6-8-24(23)25-15-22(32)9-10-26(25)39-27-16-33-20-34-28(27)35-13-11-31(18-35)12-14-36(19-31)29(38)40-30(2,3)4/h5-10,15-16,20-21,37H,11-14,17-19H2,1-4H3. The molecule has 0 aliphatic carbocycles. The second-order valence-electron chi connectivity index (χ2n) is 11.9. The summed E-state index contributed by atoms with van der Waals surface area (Å²) in [5.74, 6) is 1.10. The molecule has 2 aliphatic rings. The van der Waals surface area contributed by atoms with E-state index in [0.717, 1.165) is 37.1 Å². The first-order valence-electron chi connectivity index (χ1n) is 13.8. The van der Waals surface area contributed by atoms with E-state index in [0.29, 0.717) is 36.0 Å². The van der Waals surface area contributed by atoms with Gasteiger partial charge in [0.25, 0.3) is 0 Å². The first-order chi connectivity index (χ1) is 19.1.